The van der Waals surface area contributed by atoms with Gasteiger partial charge in [0.15, 0.2) is 0 Å². The molecule has 0 bridgehead atoms. The van der Waals surface area contributed by atoms with Gasteiger partial charge >= 0.3 is 29.2 Å². The van der Waals surface area contributed by atoms with Crippen LogP contribution in [0.15, 0.2) is 15.8 Å². The van der Waals surface area contributed by atoms with Crippen LogP contribution in [0.4, 0.5) is 0 Å². The maximum absolute atomic E-state index is 12.1. The number of hydrogen-bond acceptors (Lipinski definition) is 12. The lowest BCUT2D eigenvalue weighted by Gasteiger charge is -2.20. The van der Waals surface area contributed by atoms with Crippen LogP contribution in [0.2, 0.25) is 0 Å². The van der Waals surface area contributed by atoms with Crippen molar-refractivity contribution in [2.75, 3.05) is 19.8 Å². The van der Waals surface area contributed by atoms with E-state index in [1.165, 1.54) is 13.1 Å². The van der Waals surface area contributed by atoms with Gasteiger partial charge in [0.25, 0.3) is 5.56 Å². The Morgan fingerprint density at radius 1 is 1.06 bits per heavy atom. The summed E-state index contributed by atoms with van der Waals surface area (Å²) in [6.45, 7) is 0.771. The van der Waals surface area contributed by atoms with Crippen molar-refractivity contribution in [2.24, 2.45) is 5.73 Å². The van der Waals surface area contributed by atoms with Gasteiger partial charge in [-0.25, -0.2) is 18.5 Å². The molecule has 36 heavy (non-hydrogen) atoms. The molecule has 1 fully saturated rings. The van der Waals surface area contributed by atoms with Gasteiger partial charge in [0, 0.05) is 18.2 Å². The van der Waals surface area contributed by atoms with E-state index < -0.39 is 59.8 Å². The van der Waals surface area contributed by atoms with Crippen molar-refractivity contribution in [2.45, 2.75) is 57.5 Å². The molecule has 1 aromatic rings. The first kappa shape index (κ1) is 31.2. The van der Waals surface area contributed by atoms with E-state index in [1.807, 2.05) is 0 Å². The van der Waals surface area contributed by atoms with Crippen molar-refractivity contribution < 1.29 is 55.9 Å². The topological polar surface area (TPSA) is 259 Å². The van der Waals surface area contributed by atoms with Crippen LogP contribution in [-0.2, 0) is 36.1 Å². The lowest BCUT2D eigenvalue weighted by atomic mass is 10.2. The van der Waals surface area contributed by atoms with Crippen LogP contribution >= 0.6 is 23.5 Å². The highest BCUT2D eigenvalue weighted by Crippen LogP contribution is 2.67. The van der Waals surface area contributed by atoms with Gasteiger partial charge in [-0.3, -0.25) is 23.4 Å². The third-order valence-electron chi connectivity index (χ3n) is 4.83. The van der Waals surface area contributed by atoms with Crippen LogP contribution in [0.25, 0.3) is 0 Å². The molecular formula is C16H30N3O14P3. The molecule has 0 aromatic carbocycles. The summed E-state index contributed by atoms with van der Waals surface area (Å²) >= 11 is 0. The van der Waals surface area contributed by atoms with E-state index >= 15 is 0 Å². The van der Waals surface area contributed by atoms with Gasteiger partial charge in [0.1, 0.15) is 12.3 Å². The maximum Gasteiger partial charge on any atom is 0.490 e. The average Bonchev–Trinajstić information content (AvgIpc) is 3.10. The highest BCUT2D eigenvalue weighted by atomic mass is 31.3. The Balaban J connectivity index is 1.88. The van der Waals surface area contributed by atoms with Crippen molar-refractivity contribution in [1.82, 2.24) is 9.55 Å². The van der Waals surface area contributed by atoms with Crippen LogP contribution in [0, 0.1) is 6.92 Å². The Morgan fingerprint density at radius 3 is 2.31 bits per heavy atom. The summed E-state index contributed by atoms with van der Waals surface area (Å²) in [4.78, 5) is 54.4. The summed E-state index contributed by atoms with van der Waals surface area (Å²) in [6.07, 6.45) is -0.191. The first-order valence-corrected chi connectivity index (χ1v) is 15.2. The molecule has 0 aliphatic carbocycles. The van der Waals surface area contributed by atoms with Crippen LogP contribution in [-0.4, -0.2) is 61.3 Å². The fraction of sp³-hybridized carbons (Fsp3) is 0.750. The summed E-state index contributed by atoms with van der Waals surface area (Å²) in [6, 6.07) is 0. The molecule has 17 nitrogen and oxygen atoms in total. The van der Waals surface area contributed by atoms with Crippen LogP contribution < -0.4 is 17.0 Å². The SMILES string of the molecule is Cc1cn([C@H]2C[C@H](O)[C@@H](COP(=O)(O)OP(=O)(O)OP(=O)(O)OCCCCCCN)O2)c(=O)[nH]c1=O. The fourth-order valence-corrected chi connectivity index (χ4v) is 6.65. The maximum atomic E-state index is 12.1. The van der Waals surface area contributed by atoms with Crippen molar-refractivity contribution in [3.8, 4) is 0 Å². The number of unbranched alkanes of at least 4 members (excludes halogenated alkanes) is 3. The molecule has 6 atom stereocenters. The monoisotopic (exact) mass is 581 g/mol. The molecular weight excluding hydrogens is 551 g/mol. The Hall–Kier alpha value is -1.03. The zero-order valence-electron chi connectivity index (χ0n) is 19.2. The number of nitrogens with one attached hydrogen (secondary N) is 1. The lowest BCUT2D eigenvalue weighted by molar-refractivity contribution is -0.0450. The van der Waals surface area contributed by atoms with E-state index in [2.05, 4.69) is 22.7 Å². The number of H-pyrrole nitrogens is 1. The van der Waals surface area contributed by atoms with Crippen molar-refractivity contribution in [3.05, 3.63) is 32.6 Å². The largest absolute Gasteiger partial charge is 0.490 e. The first-order chi connectivity index (χ1) is 16.6. The summed E-state index contributed by atoms with van der Waals surface area (Å²) < 4.78 is 59.3. The molecule has 0 saturated carbocycles. The van der Waals surface area contributed by atoms with Gasteiger partial charge in [-0.15, -0.1) is 0 Å². The van der Waals surface area contributed by atoms with E-state index in [4.69, 9.17) is 10.5 Å². The zero-order valence-corrected chi connectivity index (χ0v) is 21.9. The number of aromatic amines is 1. The molecule has 1 aromatic heterocycles. The number of aryl methyl sites for hydroxylation is 1. The predicted octanol–water partition coefficient (Wildman–Crippen LogP) is 0.380. The minimum absolute atomic E-state index is 0.158. The first-order valence-electron chi connectivity index (χ1n) is 10.7. The quantitative estimate of drug-likeness (QED) is 0.121. The van der Waals surface area contributed by atoms with Crippen molar-refractivity contribution in [1.29, 1.82) is 0 Å². The molecule has 7 N–H and O–H groups in total. The fourth-order valence-electron chi connectivity index (χ4n) is 3.11. The number of nitrogens with zero attached hydrogens (tertiary/aromatic N) is 1. The number of ether oxygens (including phenoxy) is 1. The van der Waals surface area contributed by atoms with Crippen LogP contribution in [0.3, 0.4) is 0 Å². The van der Waals surface area contributed by atoms with Gasteiger partial charge in [-0.05, 0) is 26.3 Å². The molecule has 2 heterocycles. The molecule has 3 unspecified atom stereocenters. The van der Waals surface area contributed by atoms with E-state index in [1.54, 1.807) is 0 Å². The molecule has 1 saturated heterocycles. The van der Waals surface area contributed by atoms with Crippen molar-refractivity contribution in [3.63, 3.8) is 0 Å². The Kier molecular flexibility index (Phi) is 11.4. The van der Waals surface area contributed by atoms with Gasteiger partial charge in [-0.1, -0.05) is 12.8 Å². The van der Waals surface area contributed by atoms with Crippen molar-refractivity contribution >= 4 is 23.5 Å². The van der Waals surface area contributed by atoms with E-state index in [9.17, 15) is 43.1 Å². The summed E-state index contributed by atoms with van der Waals surface area (Å²) in [5.41, 5.74) is 4.11. The van der Waals surface area contributed by atoms with Gasteiger partial charge in [-0.2, -0.15) is 8.62 Å². The Labute approximate surface area is 205 Å². The standard InChI is InChI=1S/C16H30N3O14P3/c1-11-9-19(16(22)18-15(11)21)14-8-12(20)13(31-14)10-30-35(25,26)33-36(27,28)32-34(23,24)29-7-5-3-2-4-6-17/h9,12-14,20H,2-8,10,17H2,1H3,(H,23,24)(H,25,26)(H,27,28)(H,18,21,22)/t12-,13+,14+/m0/s1. The van der Waals surface area contributed by atoms with Crippen LogP contribution in [0.1, 0.15) is 43.9 Å². The number of aromatic nitrogens is 2. The minimum Gasteiger partial charge on any atom is -0.390 e. The number of phosphoric ester groups is 2. The van der Waals surface area contributed by atoms with Crippen LogP contribution in [0.5, 0.6) is 0 Å². The van der Waals surface area contributed by atoms with Gasteiger partial charge in [0.05, 0.1) is 19.3 Å². The number of aliphatic hydroxyl groups is 1. The molecule has 20 heteroatoms. The van der Waals surface area contributed by atoms with E-state index in [0.29, 0.717) is 19.4 Å². The number of aliphatic hydroxyl groups excluding tert-OH is 1. The Morgan fingerprint density at radius 2 is 1.67 bits per heavy atom. The molecule has 1 aliphatic heterocycles. The summed E-state index contributed by atoms with van der Waals surface area (Å²) in [5, 5.41) is 10.1. The second kappa shape index (κ2) is 13.2. The summed E-state index contributed by atoms with van der Waals surface area (Å²) in [5.74, 6) is 0. The average molecular weight is 581 g/mol. The zero-order chi connectivity index (χ0) is 27.1. The Bertz CT molecular complexity index is 1140. The molecule has 0 spiro atoms. The number of rotatable bonds is 15. The minimum atomic E-state index is -5.63. The number of hydrogen-bond donors (Lipinski definition) is 6. The third-order valence-corrected chi connectivity index (χ3v) is 9.11. The molecule has 0 radical (unpaired) electrons. The van der Waals surface area contributed by atoms with E-state index in [-0.39, 0.29) is 18.6 Å². The highest BCUT2D eigenvalue weighted by molar-refractivity contribution is 7.66. The molecule has 208 valence electrons. The molecule has 0 amide bonds. The molecule has 1 aliphatic rings. The van der Waals surface area contributed by atoms with E-state index in [0.717, 1.165) is 17.4 Å². The normalized spacial score (nSPS) is 25.2. The number of nitrogens with two attached hydrogens (primary N) is 1. The summed E-state index contributed by atoms with van der Waals surface area (Å²) in [7, 11) is -16.1. The number of phosphoric acid groups is 3. The van der Waals surface area contributed by atoms with Gasteiger partial charge < -0.3 is 30.3 Å². The second-order valence-corrected chi connectivity index (χ2v) is 12.4. The predicted molar refractivity (Wildman–Crippen MR) is 122 cm³/mol. The molecule has 2 rings (SSSR count). The third kappa shape index (κ3) is 10.0. The lowest BCUT2D eigenvalue weighted by Crippen LogP contribution is -2.33. The second-order valence-electron chi connectivity index (χ2n) is 7.81. The van der Waals surface area contributed by atoms with Gasteiger partial charge in [0.2, 0.25) is 0 Å². The smallest absolute Gasteiger partial charge is 0.390 e. The highest BCUT2D eigenvalue weighted by Gasteiger charge is 2.43.